The maximum absolute atomic E-state index is 13.9. The van der Waals surface area contributed by atoms with Crippen LogP contribution in [0.2, 0.25) is 0 Å². The Morgan fingerprint density at radius 2 is 1.79 bits per heavy atom. The molecular weight excluding hydrogens is 461 g/mol. The van der Waals surface area contributed by atoms with Crippen LogP contribution in [0.25, 0.3) is 0 Å². The zero-order valence-corrected chi connectivity index (χ0v) is 18.7. The summed E-state index contributed by atoms with van der Waals surface area (Å²) in [5.74, 6) is -0.954. The fraction of sp³-hybridized carbons (Fsp3) is 0.350. The van der Waals surface area contributed by atoms with E-state index in [-0.39, 0.29) is 10.5 Å². The van der Waals surface area contributed by atoms with Crippen molar-refractivity contribution in [2.45, 2.75) is 24.2 Å². The standard InChI is InChI=1S/C20H23BrFN3O3S/c1-24(2)29(27,28)19-12-14(6-8-16(19)21)20(26)23-17-13-15(22)7-9-18(17)25-10-4-3-5-11-25/h6-9,12-13H,3-5,10-11H2,1-2H3,(H,23,26). The molecule has 156 valence electrons. The lowest BCUT2D eigenvalue weighted by Gasteiger charge is -2.30. The zero-order valence-electron chi connectivity index (χ0n) is 16.3. The maximum Gasteiger partial charge on any atom is 0.255 e. The van der Waals surface area contributed by atoms with Gasteiger partial charge in [-0.3, -0.25) is 4.79 Å². The smallest absolute Gasteiger partial charge is 0.255 e. The second kappa shape index (κ2) is 8.81. The van der Waals surface area contributed by atoms with Crippen molar-refractivity contribution in [3.05, 3.63) is 52.3 Å². The van der Waals surface area contributed by atoms with Crippen molar-refractivity contribution < 1.29 is 17.6 Å². The van der Waals surface area contributed by atoms with Gasteiger partial charge in [0.25, 0.3) is 5.91 Å². The van der Waals surface area contributed by atoms with Crippen LogP contribution >= 0.6 is 15.9 Å². The number of benzene rings is 2. The molecule has 0 atom stereocenters. The van der Waals surface area contributed by atoms with Crippen LogP contribution in [-0.4, -0.2) is 45.8 Å². The highest BCUT2D eigenvalue weighted by molar-refractivity contribution is 9.10. The lowest BCUT2D eigenvalue weighted by Crippen LogP contribution is -2.30. The second-order valence-corrected chi connectivity index (χ2v) is 10.1. The number of carbonyl (C=O) groups excluding carboxylic acids is 1. The molecule has 1 N–H and O–H groups in total. The Morgan fingerprint density at radius 3 is 2.45 bits per heavy atom. The van der Waals surface area contributed by atoms with Crippen LogP contribution in [0.4, 0.5) is 15.8 Å². The van der Waals surface area contributed by atoms with Gasteiger partial charge in [-0.25, -0.2) is 17.1 Å². The topological polar surface area (TPSA) is 69.7 Å². The van der Waals surface area contributed by atoms with E-state index in [1.807, 2.05) is 0 Å². The fourth-order valence-electron chi connectivity index (χ4n) is 3.25. The van der Waals surface area contributed by atoms with Crippen LogP contribution in [0.1, 0.15) is 29.6 Å². The van der Waals surface area contributed by atoms with Crippen LogP contribution in [0.5, 0.6) is 0 Å². The molecular formula is C20H23BrFN3O3S. The average Bonchev–Trinajstić information content (AvgIpc) is 2.68. The molecule has 3 rings (SSSR count). The molecule has 6 nitrogen and oxygen atoms in total. The molecule has 0 bridgehead atoms. The molecule has 0 aliphatic carbocycles. The number of piperidine rings is 1. The summed E-state index contributed by atoms with van der Waals surface area (Å²) in [5.41, 5.74) is 1.30. The van der Waals surface area contributed by atoms with E-state index in [0.29, 0.717) is 10.2 Å². The molecule has 1 aliphatic rings. The second-order valence-electron chi connectivity index (χ2n) is 7.10. The summed E-state index contributed by atoms with van der Waals surface area (Å²) in [6.45, 7) is 1.69. The van der Waals surface area contributed by atoms with Gasteiger partial charge >= 0.3 is 0 Å². The summed E-state index contributed by atoms with van der Waals surface area (Å²) in [6.07, 6.45) is 3.24. The SMILES string of the molecule is CN(C)S(=O)(=O)c1cc(C(=O)Nc2cc(F)ccc2N2CCCCC2)ccc1Br. The van der Waals surface area contributed by atoms with E-state index in [9.17, 15) is 17.6 Å². The molecule has 1 aliphatic heterocycles. The molecule has 1 heterocycles. The number of carbonyl (C=O) groups is 1. The van der Waals surface area contributed by atoms with Crippen LogP contribution in [0, 0.1) is 5.82 Å². The maximum atomic E-state index is 13.9. The predicted molar refractivity (Wildman–Crippen MR) is 115 cm³/mol. The summed E-state index contributed by atoms with van der Waals surface area (Å²) < 4.78 is 40.3. The highest BCUT2D eigenvalue weighted by atomic mass is 79.9. The van der Waals surface area contributed by atoms with Gasteiger partial charge in [0, 0.05) is 37.2 Å². The van der Waals surface area contributed by atoms with Crippen molar-refractivity contribution >= 4 is 43.2 Å². The third kappa shape index (κ3) is 4.79. The Hall–Kier alpha value is -1.97. The Labute approximate surface area is 178 Å². The van der Waals surface area contributed by atoms with Gasteiger partial charge in [0.1, 0.15) is 5.82 Å². The number of sulfonamides is 1. The van der Waals surface area contributed by atoms with Gasteiger partial charge in [-0.2, -0.15) is 0 Å². The van der Waals surface area contributed by atoms with Crippen molar-refractivity contribution in [2.24, 2.45) is 0 Å². The van der Waals surface area contributed by atoms with E-state index in [2.05, 4.69) is 26.1 Å². The first-order valence-electron chi connectivity index (χ1n) is 9.28. The Morgan fingerprint density at radius 1 is 1.10 bits per heavy atom. The van der Waals surface area contributed by atoms with Gasteiger partial charge in [-0.15, -0.1) is 0 Å². The Kier molecular flexibility index (Phi) is 6.60. The van der Waals surface area contributed by atoms with E-state index in [4.69, 9.17) is 0 Å². The van der Waals surface area contributed by atoms with Gasteiger partial charge in [-0.1, -0.05) is 0 Å². The average molecular weight is 484 g/mol. The molecule has 9 heteroatoms. The third-order valence-electron chi connectivity index (χ3n) is 4.86. The van der Waals surface area contributed by atoms with Crippen molar-refractivity contribution in [1.29, 1.82) is 0 Å². The quantitative estimate of drug-likeness (QED) is 0.695. The van der Waals surface area contributed by atoms with E-state index >= 15 is 0 Å². The first-order valence-corrected chi connectivity index (χ1v) is 11.5. The molecule has 1 fully saturated rings. The molecule has 29 heavy (non-hydrogen) atoms. The van der Waals surface area contributed by atoms with E-state index in [0.717, 1.165) is 42.3 Å². The van der Waals surface area contributed by atoms with Gasteiger partial charge in [0.05, 0.1) is 16.3 Å². The lowest BCUT2D eigenvalue weighted by molar-refractivity contribution is 0.102. The van der Waals surface area contributed by atoms with Crippen molar-refractivity contribution in [2.75, 3.05) is 37.4 Å². The molecule has 0 unspecified atom stereocenters. The van der Waals surface area contributed by atoms with Gasteiger partial charge in [0.15, 0.2) is 0 Å². The molecule has 2 aromatic carbocycles. The normalized spacial score (nSPS) is 14.9. The van der Waals surface area contributed by atoms with Crippen molar-refractivity contribution in [1.82, 2.24) is 4.31 Å². The van der Waals surface area contributed by atoms with E-state index in [1.165, 1.54) is 44.4 Å². The number of nitrogens with zero attached hydrogens (tertiary/aromatic N) is 2. The van der Waals surface area contributed by atoms with Gasteiger partial charge < -0.3 is 10.2 Å². The predicted octanol–water partition coefficient (Wildman–Crippen LogP) is 4.08. The minimum absolute atomic E-state index is 0.00866. The molecule has 1 amide bonds. The molecule has 1 saturated heterocycles. The van der Waals surface area contributed by atoms with Crippen molar-refractivity contribution in [3.8, 4) is 0 Å². The van der Waals surface area contributed by atoms with Crippen LogP contribution in [0.3, 0.4) is 0 Å². The number of halogens is 2. The minimum atomic E-state index is -3.73. The number of hydrogen-bond acceptors (Lipinski definition) is 4. The van der Waals surface area contributed by atoms with E-state index < -0.39 is 21.7 Å². The highest BCUT2D eigenvalue weighted by Gasteiger charge is 2.23. The number of amides is 1. The van der Waals surface area contributed by atoms with Crippen LogP contribution in [0.15, 0.2) is 45.8 Å². The number of anilines is 2. The summed E-state index contributed by atoms with van der Waals surface area (Å²) in [5, 5.41) is 2.75. The first-order chi connectivity index (χ1) is 13.7. The summed E-state index contributed by atoms with van der Waals surface area (Å²) >= 11 is 3.23. The number of hydrogen-bond donors (Lipinski definition) is 1. The Balaban J connectivity index is 1.92. The van der Waals surface area contributed by atoms with Crippen LogP contribution in [-0.2, 0) is 10.0 Å². The molecule has 2 aromatic rings. The summed E-state index contributed by atoms with van der Waals surface area (Å²) in [6, 6.07) is 8.68. The van der Waals surface area contributed by atoms with E-state index in [1.54, 1.807) is 6.07 Å². The number of nitrogens with one attached hydrogen (secondary N) is 1. The van der Waals surface area contributed by atoms with Crippen molar-refractivity contribution in [3.63, 3.8) is 0 Å². The fourth-order valence-corrected chi connectivity index (χ4v) is 5.10. The number of rotatable bonds is 5. The van der Waals surface area contributed by atoms with Gasteiger partial charge in [-0.05, 0) is 71.6 Å². The summed E-state index contributed by atoms with van der Waals surface area (Å²) in [4.78, 5) is 15.0. The molecule has 0 radical (unpaired) electrons. The Bertz CT molecular complexity index is 1020. The minimum Gasteiger partial charge on any atom is -0.370 e. The molecule has 0 aromatic heterocycles. The third-order valence-corrected chi connectivity index (χ3v) is 7.66. The highest BCUT2D eigenvalue weighted by Crippen LogP contribution is 2.31. The van der Waals surface area contributed by atoms with Gasteiger partial charge in [0.2, 0.25) is 10.0 Å². The lowest BCUT2D eigenvalue weighted by atomic mass is 10.1. The summed E-state index contributed by atoms with van der Waals surface area (Å²) in [7, 11) is -0.885. The monoisotopic (exact) mass is 483 g/mol. The molecule has 0 spiro atoms. The zero-order chi connectivity index (χ0) is 21.2. The first kappa shape index (κ1) is 21.7. The van der Waals surface area contributed by atoms with Crippen LogP contribution < -0.4 is 10.2 Å². The largest absolute Gasteiger partial charge is 0.370 e. The molecule has 0 saturated carbocycles.